The van der Waals surface area contributed by atoms with Crippen LogP contribution < -0.4 is 0 Å². The van der Waals surface area contributed by atoms with Crippen LogP contribution in [0.3, 0.4) is 0 Å². The van der Waals surface area contributed by atoms with Gasteiger partial charge in [0.05, 0.1) is 12.2 Å². The van der Waals surface area contributed by atoms with Crippen LogP contribution in [-0.2, 0) is 9.47 Å². The highest BCUT2D eigenvalue weighted by molar-refractivity contribution is 4.84. The zero-order chi connectivity index (χ0) is 7.56. The molecule has 0 unspecified atom stereocenters. The molecule has 0 aromatic heterocycles. The Balaban J connectivity index is 2.41. The van der Waals surface area contributed by atoms with Crippen molar-refractivity contribution in [2.45, 2.75) is 12.2 Å². The summed E-state index contributed by atoms with van der Waals surface area (Å²) < 4.78 is 10.4. The van der Waals surface area contributed by atoms with E-state index >= 15 is 0 Å². The number of likely N-dealkylation sites (tertiary alicyclic amines) is 1. The Bertz CT molecular complexity index is 95.8. The number of ether oxygens (including phenoxy) is 2. The van der Waals surface area contributed by atoms with E-state index in [2.05, 4.69) is 7.05 Å². The van der Waals surface area contributed by atoms with Crippen molar-refractivity contribution in [3.8, 4) is 0 Å². The largest absolute Gasteiger partial charge is 0.455 e. The molecule has 10 heavy (non-hydrogen) atoms. The second-order valence-electron chi connectivity index (χ2n) is 2.58. The minimum Gasteiger partial charge on any atom is -0.455 e. The molecule has 0 amide bonds. The first-order chi connectivity index (χ1) is 4.77. The van der Waals surface area contributed by atoms with Gasteiger partial charge in [-0.1, -0.05) is 0 Å². The minimum atomic E-state index is 0.197. The second kappa shape index (κ2) is 3.32. The molecule has 3 heteroatoms. The van der Waals surface area contributed by atoms with Gasteiger partial charge >= 0.3 is 0 Å². The molecule has 1 rings (SSSR count). The lowest BCUT2D eigenvalue weighted by molar-refractivity contribution is -0.00461. The quantitative estimate of drug-likeness (QED) is 0.514. The summed E-state index contributed by atoms with van der Waals surface area (Å²) in [5.41, 5.74) is 0. The van der Waals surface area contributed by atoms with Crippen molar-refractivity contribution in [2.24, 2.45) is 0 Å². The van der Waals surface area contributed by atoms with E-state index < -0.39 is 0 Å². The summed E-state index contributed by atoms with van der Waals surface area (Å²) in [5, 5.41) is 0. The first-order valence-electron chi connectivity index (χ1n) is 3.39. The molecule has 0 aromatic carbocycles. The first-order valence-corrected chi connectivity index (χ1v) is 3.39. The summed E-state index contributed by atoms with van der Waals surface area (Å²) in [6.07, 6.45) is 0.394. The van der Waals surface area contributed by atoms with Gasteiger partial charge in [0.15, 0.2) is 0 Å². The van der Waals surface area contributed by atoms with Gasteiger partial charge in [0.2, 0.25) is 0 Å². The van der Waals surface area contributed by atoms with Crippen LogP contribution in [0.25, 0.3) is 0 Å². The number of methoxy groups -OCH3 is 2. The fourth-order valence-electron chi connectivity index (χ4n) is 1.27. The highest BCUT2D eigenvalue weighted by atomic mass is 16.5. The summed E-state index contributed by atoms with van der Waals surface area (Å²) in [6.45, 7) is 1.74. The van der Waals surface area contributed by atoms with Crippen molar-refractivity contribution in [3.05, 3.63) is 7.05 Å². The lowest BCUT2D eigenvalue weighted by Crippen LogP contribution is -2.27. The van der Waals surface area contributed by atoms with Crippen LogP contribution in [0.15, 0.2) is 0 Å². The van der Waals surface area contributed by atoms with E-state index in [9.17, 15) is 0 Å². The van der Waals surface area contributed by atoms with Crippen molar-refractivity contribution in [1.82, 2.24) is 4.90 Å². The number of hydrogen-bond acceptors (Lipinski definition) is 3. The molecule has 3 nitrogen and oxygen atoms in total. The van der Waals surface area contributed by atoms with Crippen LogP contribution in [0.2, 0.25) is 0 Å². The van der Waals surface area contributed by atoms with Gasteiger partial charge in [-0.15, -0.1) is 0 Å². The third-order valence-electron chi connectivity index (χ3n) is 1.90. The Morgan fingerprint density at radius 3 is 1.90 bits per heavy atom. The monoisotopic (exact) mass is 144 g/mol. The molecule has 1 aliphatic rings. The van der Waals surface area contributed by atoms with Gasteiger partial charge in [-0.25, -0.2) is 0 Å². The average Bonchev–Trinajstić information content (AvgIpc) is 2.30. The molecule has 0 saturated carbocycles. The van der Waals surface area contributed by atoms with E-state index in [0.29, 0.717) is 0 Å². The molecule has 0 radical (unpaired) electrons. The molecule has 0 bridgehead atoms. The Morgan fingerprint density at radius 2 is 1.60 bits per heavy atom. The maximum absolute atomic E-state index is 5.18. The Labute approximate surface area is 61.9 Å². The second-order valence-corrected chi connectivity index (χ2v) is 2.58. The van der Waals surface area contributed by atoms with Crippen molar-refractivity contribution in [3.63, 3.8) is 0 Å². The van der Waals surface area contributed by atoms with Crippen molar-refractivity contribution < 1.29 is 9.47 Å². The lowest BCUT2D eigenvalue weighted by Gasteiger charge is -2.14. The van der Waals surface area contributed by atoms with Crippen molar-refractivity contribution in [1.29, 1.82) is 0 Å². The van der Waals surface area contributed by atoms with Crippen LogP contribution in [0.1, 0.15) is 0 Å². The normalized spacial score (nSPS) is 35.1. The van der Waals surface area contributed by atoms with Crippen molar-refractivity contribution in [2.75, 3.05) is 27.3 Å². The van der Waals surface area contributed by atoms with Gasteiger partial charge in [0.25, 0.3) is 0 Å². The molecule has 1 aliphatic heterocycles. The highest BCUT2D eigenvalue weighted by Crippen LogP contribution is 2.13. The maximum Gasteiger partial charge on any atom is 0.0946 e. The van der Waals surface area contributed by atoms with Crippen LogP contribution in [0.4, 0.5) is 0 Å². The standard InChI is InChI=1S/C7H14NO2/c1-8-4-6(9-2)7(5-8)10-3/h6-7H,1,4-5H2,2-3H3/q-1/t6-,7-/m1/s1. The Kier molecular flexibility index (Phi) is 2.65. The molecule has 0 spiro atoms. The predicted molar refractivity (Wildman–Crippen MR) is 38.5 cm³/mol. The SMILES string of the molecule is [CH2-]N1C[C@@H](OC)[C@H](OC)C1. The van der Waals surface area contributed by atoms with Gasteiger partial charge < -0.3 is 14.4 Å². The van der Waals surface area contributed by atoms with Gasteiger partial charge in [-0.05, 0) is 13.1 Å². The van der Waals surface area contributed by atoms with Crippen molar-refractivity contribution >= 4 is 0 Å². The Hall–Kier alpha value is -0.120. The first kappa shape index (κ1) is 7.98. The average molecular weight is 144 g/mol. The molecule has 60 valence electrons. The summed E-state index contributed by atoms with van der Waals surface area (Å²) in [5.74, 6) is 0. The van der Waals surface area contributed by atoms with Crippen LogP contribution >= 0.6 is 0 Å². The van der Waals surface area contributed by atoms with E-state index in [4.69, 9.17) is 9.47 Å². The molecule has 1 fully saturated rings. The maximum atomic E-state index is 5.18. The molecule has 0 aliphatic carbocycles. The summed E-state index contributed by atoms with van der Waals surface area (Å²) >= 11 is 0. The molecule has 2 atom stereocenters. The van der Waals surface area contributed by atoms with E-state index in [1.807, 2.05) is 4.90 Å². The van der Waals surface area contributed by atoms with Gasteiger partial charge in [-0.3, -0.25) is 7.05 Å². The van der Waals surface area contributed by atoms with Gasteiger partial charge in [0.1, 0.15) is 0 Å². The predicted octanol–water partition coefficient (Wildman–Crippen LogP) is 0.124. The van der Waals surface area contributed by atoms with E-state index in [1.165, 1.54) is 0 Å². The molecular formula is C7H14NO2-. The number of rotatable bonds is 2. The van der Waals surface area contributed by atoms with E-state index in [1.54, 1.807) is 14.2 Å². The molecule has 1 heterocycles. The number of hydrogen-bond donors (Lipinski definition) is 0. The summed E-state index contributed by atoms with van der Waals surface area (Å²) in [4.78, 5) is 1.96. The zero-order valence-corrected chi connectivity index (χ0v) is 6.54. The van der Waals surface area contributed by atoms with E-state index in [0.717, 1.165) is 13.1 Å². The van der Waals surface area contributed by atoms with Gasteiger partial charge in [-0.2, -0.15) is 0 Å². The van der Waals surface area contributed by atoms with E-state index in [-0.39, 0.29) is 12.2 Å². The molecular weight excluding hydrogens is 130 g/mol. The lowest BCUT2D eigenvalue weighted by atomic mass is 10.3. The highest BCUT2D eigenvalue weighted by Gasteiger charge is 2.27. The Morgan fingerprint density at radius 1 is 1.20 bits per heavy atom. The molecule has 0 N–H and O–H groups in total. The fourth-order valence-corrected chi connectivity index (χ4v) is 1.27. The zero-order valence-electron chi connectivity index (χ0n) is 6.54. The van der Waals surface area contributed by atoms with Crippen LogP contribution in [0, 0.1) is 7.05 Å². The molecule has 0 aromatic rings. The van der Waals surface area contributed by atoms with Crippen LogP contribution in [-0.4, -0.2) is 44.4 Å². The van der Waals surface area contributed by atoms with Gasteiger partial charge in [0, 0.05) is 14.2 Å². The number of nitrogens with zero attached hydrogens (tertiary/aromatic N) is 1. The third kappa shape index (κ3) is 1.48. The summed E-state index contributed by atoms with van der Waals surface area (Å²) in [7, 11) is 7.22. The van der Waals surface area contributed by atoms with Crippen LogP contribution in [0.5, 0.6) is 0 Å². The topological polar surface area (TPSA) is 21.7 Å². The molecule has 1 saturated heterocycles. The fraction of sp³-hybridized carbons (Fsp3) is 0.857. The smallest absolute Gasteiger partial charge is 0.0946 e. The minimum absolute atomic E-state index is 0.197. The third-order valence-corrected chi connectivity index (χ3v) is 1.90. The summed E-state index contributed by atoms with van der Waals surface area (Å²) in [6, 6.07) is 0.